The fourth-order valence-electron chi connectivity index (χ4n) is 3.06. The van der Waals surface area contributed by atoms with Gasteiger partial charge in [-0.1, -0.05) is 12.1 Å². The van der Waals surface area contributed by atoms with Crippen LogP contribution in [0.2, 0.25) is 0 Å². The molecule has 0 bridgehead atoms. The maximum atomic E-state index is 12.9. The van der Waals surface area contributed by atoms with Crippen LogP contribution in [0.1, 0.15) is 0 Å². The van der Waals surface area contributed by atoms with Gasteiger partial charge in [-0.05, 0) is 30.3 Å². The van der Waals surface area contributed by atoms with Gasteiger partial charge in [0.2, 0.25) is 0 Å². The number of ether oxygens (including phenoxy) is 1. The summed E-state index contributed by atoms with van der Waals surface area (Å²) in [6.07, 6.45) is 1.48. The molecule has 0 radical (unpaired) electrons. The van der Waals surface area contributed by atoms with Crippen molar-refractivity contribution in [2.24, 2.45) is 0 Å². The third-order valence-corrected chi connectivity index (χ3v) is 4.52. The van der Waals surface area contributed by atoms with Crippen molar-refractivity contribution in [2.45, 2.75) is 12.6 Å². The normalized spacial score (nSPS) is 12.1. The lowest BCUT2D eigenvalue weighted by Gasteiger charge is -2.13. The van der Waals surface area contributed by atoms with Gasteiger partial charge in [-0.2, -0.15) is 5.10 Å². The van der Waals surface area contributed by atoms with Crippen molar-refractivity contribution >= 4 is 16.7 Å². The Labute approximate surface area is 173 Å². The van der Waals surface area contributed by atoms with Crippen LogP contribution in [0.3, 0.4) is 0 Å². The number of halogens is 1. The number of aliphatic hydroxyl groups excluding tert-OH is 1. The summed E-state index contributed by atoms with van der Waals surface area (Å²) in [7, 11) is 0. The number of rotatable bonds is 7. The van der Waals surface area contributed by atoms with Crippen LogP contribution in [0.15, 0.2) is 65.8 Å². The van der Waals surface area contributed by atoms with Crippen molar-refractivity contribution in [3.8, 4) is 11.4 Å². The van der Waals surface area contributed by atoms with E-state index < -0.39 is 22.4 Å². The van der Waals surface area contributed by atoms with Crippen molar-refractivity contribution in [1.82, 2.24) is 19.3 Å². The van der Waals surface area contributed by atoms with E-state index in [-0.39, 0.29) is 35.6 Å². The maximum absolute atomic E-state index is 12.9. The highest BCUT2D eigenvalue weighted by Crippen LogP contribution is 2.23. The van der Waals surface area contributed by atoms with E-state index in [9.17, 15) is 24.4 Å². The molecule has 2 heterocycles. The molecule has 1 N–H and O–H groups in total. The van der Waals surface area contributed by atoms with Gasteiger partial charge in [0.05, 0.1) is 17.7 Å². The Bertz CT molecular complexity index is 1300. The van der Waals surface area contributed by atoms with Crippen molar-refractivity contribution in [3.63, 3.8) is 0 Å². The molecular weight excluding hydrogens is 409 g/mol. The van der Waals surface area contributed by atoms with Gasteiger partial charge in [0, 0.05) is 6.07 Å². The third kappa shape index (κ3) is 4.12. The van der Waals surface area contributed by atoms with E-state index in [1.165, 1.54) is 64.2 Å². The molecule has 0 spiro atoms. The van der Waals surface area contributed by atoms with Gasteiger partial charge in [0.25, 0.3) is 11.2 Å². The van der Waals surface area contributed by atoms with E-state index in [4.69, 9.17) is 4.74 Å². The number of nitro benzene ring substituents is 1. The van der Waals surface area contributed by atoms with Gasteiger partial charge in [0.1, 0.15) is 41.7 Å². The average molecular weight is 425 g/mol. The monoisotopic (exact) mass is 425 g/mol. The molecule has 0 unspecified atom stereocenters. The first-order valence-corrected chi connectivity index (χ1v) is 9.17. The summed E-state index contributed by atoms with van der Waals surface area (Å²) in [6, 6.07) is 11.3. The Balaban J connectivity index is 1.56. The molecule has 4 aromatic rings. The minimum Gasteiger partial charge on any atom is -0.491 e. The lowest BCUT2D eigenvalue weighted by Crippen LogP contribution is -2.30. The Kier molecular flexibility index (Phi) is 5.41. The minimum absolute atomic E-state index is 0.0976. The Morgan fingerprint density at radius 1 is 1.19 bits per heavy atom. The van der Waals surface area contributed by atoms with Gasteiger partial charge < -0.3 is 9.84 Å². The van der Waals surface area contributed by atoms with Gasteiger partial charge in [0.15, 0.2) is 5.65 Å². The van der Waals surface area contributed by atoms with Crippen LogP contribution in [0.25, 0.3) is 16.7 Å². The van der Waals surface area contributed by atoms with E-state index in [1.54, 1.807) is 6.07 Å². The maximum Gasteiger partial charge on any atom is 0.294 e. The lowest BCUT2D eigenvalue weighted by molar-refractivity contribution is -0.384. The summed E-state index contributed by atoms with van der Waals surface area (Å²) in [5, 5.41) is 25.7. The van der Waals surface area contributed by atoms with Crippen LogP contribution in [-0.4, -0.2) is 42.1 Å². The fourth-order valence-corrected chi connectivity index (χ4v) is 3.06. The number of fused-ring (bicyclic) bond motifs is 1. The molecule has 0 aliphatic carbocycles. The summed E-state index contributed by atoms with van der Waals surface area (Å²) < 4.78 is 20.7. The predicted octanol–water partition coefficient (Wildman–Crippen LogP) is 2.07. The van der Waals surface area contributed by atoms with Crippen LogP contribution in [0.4, 0.5) is 10.1 Å². The van der Waals surface area contributed by atoms with E-state index >= 15 is 0 Å². The molecule has 1 atom stereocenters. The summed E-state index contributed by atoms with van der Waals surface area (Å²) in [5.41, 5.74) is -0.296. The number of hydrogen-bond donors (Lipinski definition) is 1. The zero-order valence-electron chi connectivity index (χ0n) is 16.0. The molecule has 158 valence electrons. The molecule has 4 rings (SSSR count). The molecule has 2 aromatic heterocycles. The highest BCUT2D eigenvalue weighted by atomic mass is 19.1. The highest BCUT2D eigenvalue weighted by molar-refractivity contribution is 5.76. The van der Waals surface area contributed by atoms with Crippen LogP contribution in [0.5, 0.6) is 5.75 Å². The number of benzene rings is 2. The second-order valence-corrected chi connectivity index (χ2v) is 6.66. The van der Waals surface area contributed by atoms with Gasteiger partial charge in [-0.15, -0.1) is 0 Å². The van der Waals surface area contributed by atoms with Crippen LogP contribution < -0.4 is 10.3 Å². The largest absolute Gasteiger partial charge is 0.491 e. The molecule has 0 aliphatic heterocycles. The quantitative estimate of drug-likeness (QED) is 0.355. The Morgan fingerprint density at radius 2 is 1.94 bits per heavy atom. The van der Waals surface area contributed by atoms with Crippen molar-refractivity contribution < 1.29 is 19.2 Å². The summed E-state index contributed by atoms with van der Waals surface area (Å²) in [4.78, 5) is 27.7. The molecule has 0 fully saturated rings. The highest BCUT2D eigenvalue weighted by Gasteiger charge is 2.19. The lowest BCUT2D eigenvalue weighted by atomic mass is 10.2. The molecule has 10 nitrogen and oxygen atoms in total. The molecule has 0 saturated carbocycles. The standard InChI is InChI=1S/C20H16FN5O5/c21-13-5-7-15(8-6-13)31-11-14(27)10-24-12-22-19-16(20(24)28)9-23-25(19)17-3-1-2-4-18(17)26(29)30/h1-9,12,14,27H,10-11H2/t14-/m0/s1. The number of aliphatic hydroxyl groups is 1. The fraction of sp³-hybridized carbons (Fsp3) is 0.150. The summed E-state index contributed by atoms with van der Waals surface area (Å²) in [6.45, 7) is -0.217. The van der Waals surface area contributed by atoms with Crippen LogP contribution >= 0.6 is 0 Å². The predicted molar refractivity (Wildman–Crippen MR) is 108 cm³/mol. The van der Waals surface area contributed by atoms with E-state index in [0.717, 1.165) is 0 Å². The van der Waals surface area contributed by atoms with Crippen molar-refractivity contribution in [3.05, 3.63) is 87.3 Å². The Hall–Kier alpha value is -4.12. The van der Waals surface area contributed by atoms with Gasteiger partial charge in [-0.3, -0.25) is 19.5 Å². The molecular formula is C20H16FN5O5. The zero-order valence-corrected chi connectivity index (χ0v) is 16.0. The zero-order chi connectivity index (χ0) is 22.0. The smallest absolute Gasteiger partial charge is 0.294 e. The molecule has 0 aliphatic rings. The van der Waals surface area contributed by atoms with Crippen LogP contribution in [-0.2, 0) is 6.54 Å². The number of para-hydroxylation sites is 2. The van der Waals surface area contributed by atoms with Crippen molar-refractivity contribution in [2.75, 3.05) is 6.61 Å². The molecule has 0 saturated heterocycles. The first-order chi connectivity index (χ1) is 14.9. The van der Waals surface area contributed by atoms with Crippen molar-refractivity contribution in [1.29, 1.82) is 0 Å². The molecule has 2 aromatic carbocycles. The van der Waals surface area contributed by atoms with Crippen LogP contribution in [0, 0.1) is 15.9 Å². The topological polar surface area (TPSA) is 125 Å². The number of aromatic nitrogens is 4. The number of nitro groups is 1. The average Bonchev–Trinajstić information content (AvgIpc) is 3.20. The van der Waals surface area contributed by atoms with Gasteiger partial charge in [-0.25, -0.2) is 14.1 Å². The second-order valence-electron chi connectivity index (χ2n) is 6.66. The molecule has 11 heteroatoms. The second kappa shape index (κ2) is 8.32. The van der Waals surface area contributed by atoms with E-state index in [0.29, 0.717) is 5.75 Å². The first-order valence-electron chi connectivity index (χ1n) is 9.17. The molecule has 31 heavy (non-hydrogen) atoms. The number of hydrogen-bond acceptors (Lipinski definition) is 7. The van der Waals surface area contributed by atoms with Gasteiger partial charge >= 0.3 is 0 Å². The Morgan fingerprint density at radius 3 is 2.68 bits per heavy atom. The van der Waals surface area contributed by atoms with E-state index in [2.05, 4.69) is 10.1 Å². The summed E-state index contributed by atoms with van der Waals surface area (Å²) >= 11 is 0. The SMILES string of the molecule is O=c1c2cnn(-c3ccccc3[N+](=O)[O-])c2ncn1C[C@H](O)COc1ccc(F)cc1. The number of nitrogens with zero attached hydrogens (tertiary/aromatic N) is 5. The summed E-state index contributed by atoms with van der Waals surface area (Å²) in [5.74, 6) is -0.0210. The third-order valence-electron chi connectivity index (χ3n) is 4.52. The first kappa shape index (κ1) is 20.2. The minimum atomic E-state index is -1.03. The van der Waals surface area contributed by atoms with E-state index in [1.807, 2.05) is 0 Å². The molecule has 0 amide bonds.